The number of fused-ring (bicyclic) bond motifs is 2. The Labute approximate surface area is 175 Å². The van der Waals surface area contributed by atoms with E-state index in [0.29, 0.717) is 20.9 Å². The van der Waals surface area contributed by atoms with Gasteiger partial charge in [-0.1, -0.05) is 24.3 Å². The van der Waals surface area contributed by atoms with Gasteiger partial charge in [-0.05, 0) is 36.4 Å². The molecule has 3 aromatic heterocycles. The first-order valence-electron chi connectivity index (χ1n) is 9.28. The molecule has 2 aromatic carbocycles. The summed E-state index contributed by atoms with van der Waals surface area (Å²) in [5, 5.41) is 3.90. The van der Waals surface area contributed by atoms with Gasteiger partial charge in [-0.15, -0.1) is 11.3 Å². The van der Waals surface area contributed by atoms with Crippen molar-refractivity contribution in [2.45, 2.75) is 0 Å². The third-order valence-electron chi connectivity index (χ3n) is 5.00. The molecule has 5 rings (SSSR count). The number of hydrogen-bond acceptors (Lipinski definition) is 5. The van der Waals surface area contributed by atoms with Crippen molar-refractivity contribution in [1.29, 1.82) is 0 Å². The molecule has 7 nitrogen and oxygen atoms in total. The Morgan fingerprint density at radius 3 is 2.57 bits per heavy atom. The SMILES string of the molecule is CNc1nc2sc(C(N)=O)cc2n(-c2ccc3ccn(-c4ccccc4)c3c2)c1=O. The highest BCUT2D eigenvalue weighted by Gasteiger charge is 2.17. The largest absolute Gasteiger partial charge is 0.368 e. The highest BCUT2D eigenvalue weighted by atomic mass is 32.1. The van der Waals surface area contributed by atoms with Crippen LogP contribution in [-0.4, -0.2) is 27.1 Å². The van der Waals surface area contributed by atoms with E-state index in [9.17, 15) is 9.59 Å². The van der Waals surface area contributed by atoms with E-state index in [1.54, 1.807) is 17.7 Å². The molecule has 0 spiro atoms. The average molecular weight is 415 g/mol. The Balaban J connectivity index is 1.80. The maximum Gasteiger partial charge on any atom is 0.298 e. The molecule has 0 bridgehead atoms. The summed E-state index contributed by atoms with van der Waals surface area (Å²) >= 11 is 1.17. The van der Waals surface area contributed by atoms with Crippen molar-refractivity contribution >= 4 is 44.3 Å². The first kappa shape index (κ1) is 18.1. The molecule has 148 valence electrons. The number of nitrogens with one attached hydrogen (secondary N) is 1. The maximum absolute atomic E-state index is 13.1. The van der Waals surface area contributed by atoms with Crippen LogP contribution in [-0.2, 0) is 0 Å². The number of nitrogens with zero attached hydrogens (tertiary/aromatic N) is 3. The van der Waals surface area contributed by atoms with E-state index in [0.717, 1.165) is 16.6 Å². The van der Waals surface area contributed by atoms with Crippen LogP contribution >= 0.6 is 11.3 Å². The Hall–Kier alpha value is -3.91. The fourth-order valence-electron chi connectivity index (χ4n) is 3.59. The van der Waals surface area contributed by atoms with Crippen molar-refractivity contribution in [3.05, 3.63) is 82.1 Å². The van der Waals surface area contributed by atoms with Gasteiger partial charge in [-0.3, -0.25) is 14.2 Å². The zero-order chi connectivity index (χ0) is 20.8. The number of aromatic nitrogens is 3. The Kier molecular flexibility index (Phi) is 4.14. The lowest BCUT2D eigenvalue weighted by molar-refractivity contribution is 0.100. The number of benzene rings is 2. The zero-order valence-electron chi connectivity index (χ0n) is 16.0. The zero-order valence-corrected chi connectivity index (χ0v) is 16.8. The van der Waals surface area contributed by atoms with Crippen molar-refractivity contribution in [3.8, 4) is 11.4 Å². The highest BCUT2D eigenvalue weighted by Crippen LogP contribution is 2.28. The number of carbonyl (C=O) groups is 1. The fraction of sp³-hybridized carbons (Fsp3) is 0.0455. The summed E-state index contributed by atoms with van der Waals surface area (Å²) in [5.41, 5.74) is 8.39. The van der Waals surface area contributed by atoms with Gasteiger partial charge in [0.2, 0.25) is 0 Å². The van der Waals surface area contributed by atoms with Gasteiger partial charge < -0.3 is 15.6 Å². The van der Waals surface area contributed by atoms with E-state index >= 15 is 0 Å². The number of rotatable bonds is 4. The molecule has 0 aliphatic rings. The molecule has 0 atom stereocenters. The number of carbonyl (C=O) groups excluding carboxylic acids is 1. The number of amides is 1. The molecular formula is C22H17N5O2S. The monoisotopic (exact) mass is 415 g/mol. The molecular weight excluding hydrogens is 398 g/mol. The van der Waals surface area contributed by atoms with Crippen LogP contribution in [0.5, 0.6) is 0 Å². The molecule has 30 heavy (non-hydrogen) atoms. The Morgan fingerprint density at radius 2 is 1.83 bits per heavy atom. The Morgan fingerprint density at radius 1 is 1.03 bits per heavy atom. The van der Waals surface area contributed by atoms with E-state index in [4.69, 9.17) is 5.73 Å². The minimum absolute atomic E-state index is 0.207. The molecule has 5 aromatic rings. The van der Waals surface area contributed by atoms with Gasteiger partial charge in [0.15, 0.2) is 5.82 Å². The molecule has 0 saturated heterocycles. The van der Waals surface area contributed by atoms with Crippen LogP contribution in [0.25, 0.3) is 32.6 Å². The molecule has 0 radical (unpaired) electrons. The van der Waals surface area contributed by atoms with Crippen LogP contribution in [0.3, 0.4) is 0 Å². The van der Waals surface area contributed by atoms with Crippen LogP contribution in [0.1, 0.15) is 9.67 Å². The number of nitrogens with two attached hydrogens (primary N) is 1. The van der Waals surface area contributed by atoms with Crippen LogP contribution in [0.15, 0.2) is 71.7 Å². The van der Waals surface area contributed by atoms with Crippen LogP contribution in [0.4, 0.5) is 5.82 Å². The quantitative estimate of drug-likeness (QED) is 0.469. The minimum atomic E-state index is -0.545. The number of anilines is 1. The van der Waals surface area contributed by atoms with Crippen molar-refractivity contribution in [3.63, 3.8) is 0 Å². The fourth-order valence-corrected chi connectivity index (χ4v) is 4.46. The molecule has 8 heteroatoms. The van der Waals surface area contributed by atoms with E-state index in [2.05, 4.69) is 14.9 Å². The van der Waals surface area contributed by atoms with Crippen molar-refractivity contribution in [1.82, 2.24) is 14.1 Å². The molecule has 3 heterocycles. The second-order valence-corrected chi connectivity index (χ2v) is 7.81. The molecule has 3 N–H and O–H groups in total. The topological polar surface area (TPSA) is 94.9 Å². The van der Waals surface area contributed by atoms with Crippen molar-refractivity contribution in [2.24, 2.45) is 5.73 Å². The normalized spacial score (nSPS) is 11.2. The number of primary amides is 1. The van der Waals surface area contributed by atoms with E-state index in [-0.39, 0.29) is 11.4 Å². The van der Waals surface area contributed by atoms with Crippen LogP contribution in [0, 0.1) is 0 Å². The lowest BCUT2D eigenvalue weighted by Gasteiger charge is -2.11. The van der Waals surface area contributed by atoms with Gasteiger partial charge in [0.1, 0.15) is 4.83 Å². The average Bonchev–Trinajstić information content (AvgIpc) is 3.37. The van der Waals surface area contributed by atoms with Gasteiger partial charge >= 0.3 is 0 Å². The standard InChI is InChI=1S/C22H17N5O2S/c1-24-20-22(29)27(17-12-18(19(23)28)30-21(17)25-20)15-8-7-13-9-10-26(16(13)11-15)14-5-3-2-4-6-14/h2-12H,1H3,(H2,23,28)(H,24,25). The maximum atomic E-state index is 13.1. The van der Waals surface area contributed by atoms with Gasteiger partial charge in [0, 0.05) is 24.3 Å². The lowest BCUT2D eigenvalue weighted by atomic mass is 10.2. The minimum Gasteiger partial charge on any atom is -0.368 e. The van der Waals surface area contributed by atoms with Gasteiger partial charge in [-0.25, -0.2) is 4.98 Å². The molecule has 0 unspecified atom stereocenters. The summed E-state index contributed by atoms with van der Waals surface area (Å²) in [5.74, 6) is -0.338. The molecule has 0 aliphatic heterocycles. The summed E-state index contributed by atoms with van der Waals surface area (Å²) in [4.78, 5) is 30.1. The smallest absolute Gasteiger partial charge is 0.298 e. The first-order valence-corrected chi connectivity index (χ1v) is 10.1. The van der Waals surface area contributed by atoms with Crippen molar-refractivity contribution in [2.75, 3.05) is 12.4 Å². The predicted molar refractivity (Wildman–Crippen MR) is 120 cm³/mol. The van der Waals surface area contributed by atoms with Crippen LogP contribution in [0.2, 0.25) is 0 Å². The molecule has 1 amide bonds. The van der Waals surface area contributed by atoms with Gasteiger partial charge in [0.25, 0.3) is 11.5 Å². The van der Waals surface area contributed by atoms with Crippen LogP contribution < -0.4 is 16.6 Å². The highest BCUT2D eigenvalue weighted by molar-refractivity contribution is 7.20. The molecule has 0 aliphatic carbocycles. The number of hydrogen-bond donors (Lipinski definition) is 2. The van der Waals surface area contributed by atoms with E-state index in [1.807, 2.05) is 60.8 Å². The summed E-state index contributed by atoms with van der Waals surface area (Å²) in [6, 6.07) is 19.5. The lowest BCUT2D eigenvalue weighted by Crippen LogP contribution is -2.22. The number of para-hydroxylation sites is 1. The second kappa shape index (κ2) is 6.85. The van der Waals surface area contributed by atoms with Gasteiger partial charge in [0.05, 0.1) is 21.6 Å². The summed E-state index contributed by atoms with van der Waals surface area (Å²) in [6.07, 6.45) is 2.00. The first-order chi connectivity index (χ1) is 14.6. The van der Waals surface area contributed by atoms with E-state index in [1.165, 1.54) is 11.3 Å². The summed E-state index contributed by atoms with van der Waals surface area (Å²) in [6.45, 7) is 0. The number of thiophene rings is 1. The van der Waals surface area contributed by atoms with Crippen molar-refractivity contribution < 1.29 is 4.79 Å². The molecule has 0 saturated carbocycles. The third-order valence-corrected chi connectivity index (χ3v) is 6.04. The van der Waals surface area contributed by atoms with Gasteiger partial charge in [-0.2, -0.15) is 0 Å². The second-order valence-electron chi connectivity index (χ2n) is 6.78. The predicted octanol–water partition coefficient (Wildman–Crippen LogP) is 3.53. The Bertz CT molecular complexity index is 1480. The third kappa shape index (κ3) is 2.77. The van der Waals surface area contributed by atoms with E-state index < -0.39 is 5.91 Å². The molecule has 0 fully saturated rings. The summed E-state index contributed by atoms with van der Waals surface area (Å²) in [7, 11) is 1.65. The summed E-state index contributed by atoms with van der Waals surface area (Å²) < 4.78 is 3.64.